The first-order valence-electron chi connectivity index (χ1n) is 8.87. The number of carbonyl (C=O) groups excluding carboxylic acids is 1. The second kappa shape index (κ2) is 9.54. The SMILES string of the molecule is COC(=O)CNCc1cc(OCc2nc(-c3ccc(Cl)cc3)oc2C)ccc1F. The number of hydrogen-bond donors (Lipinski definition) is 1. The summed E-state index contributed by atoms with van der Waals surface area (Å²) in [5, 5.41) is 3.46. The second-order valence-electron chi connectivity index (χ2n) is 6.25. The number of ether oxygens (including phenoxy) is 2. The summed E-state index contributed by atoms with van der Waals surface area (Å²) in [5.74, 6) is 0.784. The molecule has 0 atom stereocenters. The maximum atomic E-state index is 14.0. The van der Waals surface area contributed by atoms with Crippen molar-refractivity contribution >= 4 is 17.6 Å². The van der Waals surface area contributed by atoms with Gasteiger partial charge in [-0.25, -0.2) is 9.37 Å². The summed E-state index contributed by atoms with van der Waals surface area (Å²) in [6.07, 6.45) is 0. The summed E-state index contributed by atoms with van der Waals surface area (Å²) in [6.45, 7) is 2.13. The van der Waals surface area contributed by atoms with Crippen molar-refractivity contribution in [2.24, 2.45) is 0 Å². The summed E-state index contributed by atoms with van der Waals surface area (Å²) in [4.78, 5) is 15.6. The number of nitrogens with one attached hydrogen (secondary N) is 1. The molecule has 152 valence electrons. The first kappa shape index (κ1) is 20.8. The minimum Gasteiger partial charge on any atom is -0.487 e. The second-order valence-corrected chi connectivity index (χ2v) is 6.69. The van der Waals surface area contributed by atoms with Crippen LogP contribution in [-0.2, 0) is 22.7 Å². The van der Waals surface area contributed by atoms with Crippen molar-refractivity contribution in [1.29, 1.82) is 0 Å². The molecule has 0 unspecified atom stereocenters. The zero-order valence-electron chi connectivity index (χ0n) is 16.0. The quantitative estimate of drug-likeness (QED) is 0.550. The summed E-state index contributed by atoms with van der Waals surface area (Å²) in [6, 6.07) is 11.6. The highest BCUT2D eigenvalue weighted by Crippen LogP contribution is 2.25. The number of oxazole rings is 1. The highest BCUT2D eigenvalue weighted by Gasteiger charge is 2.13. The predicted molar refractivity (Wildman–Crippen MR) is 106 cm³/mol. The van der Waals surface area contributed by atoms with Gasteiger partial charge in [0.2, 0.25) is 5.89 Å². The van der Waals surface area contributed by atoms with Gasteiger partial charge < -0.3 is 19.2 Å². The molecule has 0 saturated heterocycles. The van der Waals surface area contributed by atoms with Crippen LogP contribution in [0.25, 0.3) is 11.5 Å². The zero-order chi connectivity index (χ0) is 20.8. The number of aryl methyl sites for hydroxylation is 1. The number of hydrogen-bond acceptors (Lipinski definition) is 6. The lowest BCUT2D eigenvalue weighted by Crippen LogP contribution is -2.23. The Bertz CT molecular complexity index is 989. The standard InChI is InChI=1S/C21H20ClFN2O4/c1-13-19(25-21(29-13)14-3-5-16(22)6-4-14)12-28-17-7-8-18(23)15(9-17)10-24-11-20(26)27-2/h3-9,24H,10-12H2,1-2H3. The molecule has 0 radical (unpaired) electrons. The van der Waals surface area contributed by atoms with Crippen molar-refractivity contribution in [3.63, 3.8) is 0 Å². The van der Waals surface area contributed by atoms with Crippen molar-refractivity contribution in [1.82, 2.24) is 10.3 Å². The van der Waals surface area contributed by atoms with Crippen molar-refractivity contribution < 1.29 is 23.1 Å². The fourth-order valence-corrected chi connectivity index (χ4v) is 2.70. The average Bonchev–Trinajstić information content (AvgIpc) is 3.09. The lowest BCUT2D eigenvalue weighted by molar-refractivity contribution is -0.139. The Kier molecular flexibility index (Phi) is 6.85. The Morgan fingerprint density at radius 3 is 2.72 bits per heavy atom. The summed E-state index contributed by atoms with van der Waals surface area (Å²) >= 11 is 5.91. The maximum Gasteiger partial charge on any atom is 0.319 e. The molecule has 6 nitrogen and oxygen atoms in total. The Morgan fingerprint density at radius 2 is 2.00 bits per heavy atom. The van der Waals surface area contributed by atoms with Gasteiger partial charge in [-0.3, -0.25) is 4.79 Å². The average molecular weight is 419 g/mol. The number of aromatic nitrogens is 1. The summed E-state index contributed by atoms with van der Waals surface area (Å²) < 4.78 is 30.0. The zero-order valence-corrected chi connectivity index (χ0v) is 16.8. The Labute approximate surface area is 172 Å². The predicted octanol–water partition coefficient (Wildman–Crippen LogP) is 4.28. The molecule has 8 heteroatoms. The molecule has 1 N–H and O–H groups in total. The largest absolute Gasteiger partial charge is 0.487 e. The van der Waals surface area contributed by atoms with Crippen LogP contribution in [0.3, 0.4) is 0 Å². The van der Waals surface area contributed by atoms with E-state index < -0.39 is 11.8 Å². The number of esters is 1. The van der Waals surface area contributed by atoms with Crippen LogP contribution in [0, 0.1) is 12.7 Å². The molecule has 1 heterocycles. The molecule has 0 fully saturated rings. The van der Waals surface area contributed by atoms with E-state index >= 15 is 0 Å². The van der Waals surface area contributed by atoms with Gasteiger partial charge in [0.1, 0.15) is 29.6 Å². The molecule has 0 aliphatic rings. The van der Waals surface area contributed by atoms with Crippen LogP contribution in [0.4, 0.5) is 4.39 Å². The van der Waals surface area contributed by atoms with Crippen LogP contribution < -0.4 is 10.1 Å². The smallest absolute Gasteiger partial charge is 0.319 e. The van der Waals surface area contributed by atoms with Gasteiger partial charge in [-0.15, -0.1) is 0 Å². The number of benzene rings is 2. The van der Waals surface area contributed by atoms with E-state index in [-0.39, 0.29) is 19.7 Å². The number of rotatable bonds is 8. The molecule has 0 aliphatic carbocycles. The van der Waals surface area contributed by atoms with E-state index in [9.17, 15) is 9.18 Å². The molecule has 3 aromatic rings. The van der Waals surface area contributed by atoms with Gasteiger partial charge in [-0.05, 0) is 49.4 Å². The molecule has 2 aromatic carbocycles. The van der Waals surface area contributed by atoms with Crippen molar-refractivity contribution in [2.45, 2.75) is 20.1 Å². The highest BCUT2D eigenvalue weighted by atomic mass is 35.5. The van der Waals surface area contributed by atoms with E-state index in [1.807, 2.05) is 12.1 Å². The van der Waals surface area contributed by atoms with Gasteiger partial charge in [0, 0.05) is 22.7 Å². The fourth-order valence-electron chi connectivity index (χ4n) is 2.58. The molecular weight excluding hydrogens is 399 g/mol. The first-order valence-corrected chi connectivity index (χ1v) is 9.25. The number of methoxy groups -OCH3 is 1. The Balaban J connectivity index is 1.64. The van der Waals surface area contributed by atoms with E-state index in [2.05, 4.69) is 15.0 Å². The van der Waals surface area contributed by atoms with Crippen LogP contribution in [0.2, 0.25) is 5.02 Å². The molecular formula is C21H20ClFN2O4. The van der Waals surface area contributed by atoms with E-state index in [0.29, 0.717) is 33.7 Å². The number of halogens is 2. The summed E-state index contributed by atoms with van der Waals surface area (Å²) in [7, 11) is 1.29. The van der Waals surface area contributed by atoms with Gasteiger partial charge in [0.25, 0.3) is 0 Å². The highest BCUT2D eigenvalue weighted by molar-refractivity contribution is 6.30. The minimum atomic E-state index is -0.421. The lowest BCUT2D eigenvalue weighted by Gasteiger charge is -2.09. The number of nitrogens with zero attached hydrogens (tertiary/aromatic N) is 1. The van der Waals surface area contributed by atoms with Crippen LogP contribution in [0.15, 0.2) is 46.9 Å². The Hall–Kier alpha value is -2.90. The molecule has 0 amide bonds. The van der Waals surface area contributed by atoms with E-state index in [0.717, 1.165) is 5.56 Å². The number of carbonyl (C=O) groups is 1. The molecule has 0 aliphatic heterocycles. The van der Waals surface area contributed by atoms with Crippen LogP contribution in [0.1, 0.15) is 17.0 Å². The lowest BCUT2D eigenvalue weighted by atomic mass is 10.2. The normalized spacial score (nSPS) is 10.8. The molecule has 1 aromatic heterocycles. The van der Waals surface area contributed by atoms with Crippen molar-refractivity contribution in [2.75, 3.05) is 13.7 Å². The van der Waals surface area contributed by atoms with E-state index in [4.69, 9.17) is 20.8 Å². The van der Waals surface area contributed by atoms with Gasteiger partial charge in [0.15, 0.2) is 0 Å². The third kappa shape index (κ3) is 5.56. The van der Waals surface area contributed by atoms with Gasteiger partial charge in [-0.2, -0.15) is 0 Å². The van der Waals surface area contributed by atoms with Gasteiger partial charge in [-0.1, -0.05) is 11.6 Å². The molecule has 0 spiro atoms. The Morgan fingerprint density at radius 1 is 1.24 bits per heavy atom. The van der Waals surface area contributed by atoms with Crippen LogP contribution >= 0.6 is 11.6 Å². The van der Waals surface area contributed by atoms with Crippen LogP contribution in [0.5, 0.6) is 5.75 Å². The van der Waals surface area contributed by atoms with E-state index in [1.165, 1.54) is 19.2 Å². The third-order valence-corrected chi connectivity index (χ3v) is 4.44. The van der Waals surface area contributed by atoms with Crippen molar-refractivity contribution in [3.05, 3.63) is 70.3 Å². The van der Waals surface area contributed by atoms with Crippen LogP contribution in [-0.4, -0.2) is 24.6 Å². The van der Waals surface area contributed by atoms with E-state index in [1.54, 1.807) is 25.1 Å². The van der Waals surface area contributed by atoms with Gasteiger partial charge >= 0.3 is 5.97 Å². The molecule has 29 heavy (non-hydrogen) atoms. The molecule has 0 saturated carbocycles. The third-order valence-electron chi connectivity index (χ3n) is 4.19. The molecule has 3 rings (SSSR count). The summed E-state index contributed by atoms with van der Waals surface area (Å²) in [5.41, 5.74) is 1.83. The minimum absolute atomic E-state index is 0.00731. The maximum absolute atomic E-state index is 14.0. The van der Waals surface area contributed by atoms with Crippen molar-refractivity contribution in [3.8, 4) is 17.2 Å². The molecule has 0 bridgehead atoms. The topological polar surface area (TPSA) is 73.6 Å². The first-order chi connectivity index (χ1) is 14.0. The monoisotopic (exact) mass is 418 g/mol. The fraction of sp³-hybridized carbons (Fsp3) is 0.238. The van der Waals surface area contributed by atoms with Gasteiger partial charge in [0.05, 0.1) is 13.7 Å².